The predicted octanol–water partition coefficient (Wildman–Crippen LogP) is 5.34. The summed E-state index contributed by atoms with van der Waals surface area (Å²) < 4.78 is 0. The number of benzene rings is 3. The molecule has 0 atom stereocenters. The normalized spacial score (nSPS) is 11.3. The van der Waals surface area contributed by atoms with Crippen molar-refractivity contribution >= 4 is 27.8 Å². The average Bonchev–Trinajstić information content (AvgIpc) is 2.52. The van der Waals surface area contributed by atoms with Crippen LogP contribution in [0.4, 0.5) is 17.1 Å². The highest BCUT2D eigenvalue weighted by atomic mass is 16.3. The molecular weight excluding hydrogens is 286 g/mol. The molecule has 0 radical (unpaired) electrons. The summed E-state index contributed by atoms with van der Waals surface area (Å²) in [5.74, 6) is 0.215. The van der Waals surface area contributed by atoms with Gasteiger partial charge in [0.15, 0.2) is 0 Å². The second kappa shape index (κ2) is 6.08. The molecule has 0 saturated carbocycles. The number of aryl methyl sites for hydroxylation is 1. The van der Waals surface area contributed by atoms with Crippen LogP contribution in [0.1, 0.15) is 5.56 Å². The van der Waals surface area contributed by atoms with Crippen LogP contribution >= 0.6 is 0 Å². The van der Waals surface area contributed by atoms with E-state index in [2.05, 4.69) is 16.3 Å². The van der Waals surface area contributed by atoms with Crippen molar-refractivity contribution in [1.82, 2.24) is 0 Å². The van der Waals surface area contributed by atoms with E-state index in [0.29, 0.717) is 5.69 Å². The predicted molar refractivity (Wildman–Crippen MR) is 95.3 cm³/mol. The van der Waals surface area contributed by atoms with Gasteiger partial charge in [-0.15, -0.1) is 5.11 Å². The molecule has 0 aliphatic rings. The molecule has 0 spiro atoms. The van der Waals surface area contributed by atoms with Gasteiger partial charge in [-0.3, -0.25) is 0 Å². The van der Waals surface area contributed by atoms with E-state index < -0.39 is 0 Å². The van der Waals surface area contributed by atoms with E-state index in [1.54, 1.807) is 6.07 Å². The third-order valence-electron chi connectivity index (χ3n) is 3.75. The van der Waals surface area contributed by atoms with Crippen molar-refractivity contribution in [3.63, 3.8) is 0 Å². The molecule has 4 nitrogen and oxygen atoms in total. The molecule has 4 heteroatoms. The number of hydrogen-bond acceptors (Lipinski definition) is 4. The Bertz CT molecular complexity index is 871. The fourth-order valence-electron chi connectivity index (χ4n) is 2.81. The molecule has 0 aliphatic heterocycles. The van der Waals surface area contributed by atoms with Crippen molar-refractivity contribution in [2.24, 2.45) is 10.2 Å². The molecule has 0 aromatic heterocycles. The molecule has 0 heterocycles. The van der Waals surface area contributed by atoms with Gasteiger partial charge < -0.3 is 10.0 Å². The molecule has 116 valence electrons. The first kappa shape index (κ1) is 15.0. The van der Waals surface area contributed by atoms with Gasteiger partial charge in [0.1, 0.15) is 11.4 Å². The van der Waals surface area contributed by atoms with Crippen molar-refractivity contribution in [2.45, 2.75) is 6.92 Å². The fraction of sp³-hybridized carbons (Fsp3) is 0.158. The van der Waals surface area contributed by atoms with E-state index >= 15 is 0 Å². The zero-order chi connectivity index (χ0) is 16.4. The van der Waals surface area contributed by atoms with Gasteiger partial charge in [-0.1, -0.05) is 30.3 Å². The highest BCUT2D eigenvalue weighted by Crippen LogP contribution is 2.43. The van der Waals surface area contributed by atoms with Crippen molar-refractivity contribution < 1.29 is 5.11 Å². The highest BCUT2D eigenvalue weighted by Gasteiger charge is 2.15. The molecule has 3 aromatic carbocycles. The molecule has 3 rings (SSSR count). The SMILES string of the molecule is Cc1cc2cccc(O)c2c(N=Nc2ccccc2)c1N(C)C. The van der Waals surface area contributed by atoms with Gasteiger partial charge in [-0.25, -0.2) is 0 Å². The number of nitrogens with zero attached hydrogens (tertiary/aromatic N) is 3. The molecule has 0 aliphatic carbocycles. The Morgan fingerprint density at radius 3 is 2.35 bits per heavy atom. The molecule has 0 amide bonds. The largest absolute Gasteiger partial charge is 0.507 e. The summed E-state index contributed by atoms with van der Waals surface area (Å²) in [4.78, 5) is 2.00. The second-order valence-corrected chi connectivity index (χ2v) is 5.70. The molecule has 23 heavy (non-hydrogen) atoms. The Hall–Kier alpha value is -2.88. The first-order valence-electron chi connectivity index (χ1n) is 7.47. The summed E-state index contributed by atoms with van der Waals surface area (Å²) in [5, 5.41) is 20.8. The minimum atomic E-state index is 0.215. The van der Waals surface area contributed by atoms with Crippen LogP contribution in [-0.2, 0) is 0 Å². The topological polar surface area (TPSA) is 48.2 Å². The van der Waals surface area contributed by atoms with E-state index in [9.17, 15) is 5.11 Å². The van der Waals surface area contributed by atoms with Crippen LogP contribution in [0, 0.1) is 6.92 Å². The van der Waals surface area contributed by atoms with Gasteiger partial charge in [0.25, 0.3) is 0 Å². The molecule has 3 aromatic rings. The Kier molecular flexibility index (Phi) is 3.98. The van der Waals surface area contributed by atoms with Crippen LogP contribution in [0.25, 0.3) is 10.8 Å². The Balaban J connectivity index is 2.27. The molecule has 0 saturated heterocycles. The van der Waals surface area contributed by atoms with Gasteiger partial charge in [0, 0.05) is 14.1 Å². The molecular formula is C19H19N3O. The van der Waals surface area contributed by atoms with Crippen molar-refractivity contribution in [3.8, 4) is 5.75 Å². The van der Waals surface area contributed by atoms with Gasteiger partial charge in [0.2, 0.25) is 0 Å². The number of rotatable bonds is 3. The summed E-state index contributed by atoms with van der Waals surface area (Å²) in [6, 6.07) is 17.1. The first-order chi connectivity index (χ1) is 11.1. The zero-order valence-corrected chi connectivity index (χ0v) is 13.5. The lowest BCUT2D eigenvalue weighted by atomic mass is 10.0. The quantitative estimate of drug-likeness (QED) is 0.664. The maximum Gasteiger partial charge on any atom is 0.125 e. The van der Waals surface area contributed by atoms with E-state index in [0.717, 1.165) is 27.7 Å². The Morgan fingerprint density at radius 2 is 1.65 bits per heavy atom. The number of phenols is 1. The first-order valence-corrected chi connectivity index (χ1v) is 7.47. The Morgan fingerprint density at radius 1 is 0.913 bits per heavy atom. The maximum absolute atomic E-state index is 10.3. The van der Waals surface area contributed by atoms with Gasteiger partial charge in [0.05, 0.1) is 16.8 Å². The van der Waals surface area contributed by atoms with Crippen LogP contribution in [0.3, 0.4) is 0 Å². The summed E-state index contributed by atoms with van der Waals surface area (Å²) in [6.07, 6.45) is 0. The molecule has 0 unspecified atom stereocenters. The standard InChI is InChI=1S/C19H19N3O/c1-13-12-14-8-7-11-16(23)17(14)18(19(13)22(2)3)21-20-15-9-5-4-6-10-15/h4-12,23H,1-3H3. The third-order valence-corrected chi connectivity index (χ3v) is 3.75. The summed E-state index contributed by atoms with van der Waals surface area (Å²) in [5.41, 5.74) is 3.52. The monoisotopic (exact) mass is 305 g/mol. The van der Waals surface area contributed by atoms with Gasteiger partial charge in [-0.05, 0) is 42.1 Å². The third kappa shape index (κ3) is 2.88. The second-order valence-electron chi connectivity index (χ2n) is 5.70. The van der Waals surface area contributed by atoms with Crippen LogP contribution in [-0.4, -0.2) is 19.2 Å². The van der Waals surface area contributed by atoms with Gasteiger partial charge >= 0.3 is 0 Å². The molecule has 0 fully saturated rings. The lowest BCUT2D eigenvalue weighted by Gasteiger charge is -2.20. The van der Waals surface area contributed by atoms with E-state index in [-0.39, 0.29) is 5.75 Å². The minimum absolute atomic E-state index is 0.215. The zero-order valence-electron chi connectivity index (χ0n) is 13.5. The lowest BCUT2D eigenvalue weighted by Crippen LogP contribution is -2.10. The summed E-state index contributed by atoms with van der Waals surface area (Å²) in [7, 11) is 3.94. The smallest absolute Gasteiger partial charge is 0.125 e. The Labute approximate surface area is 135 Å². The van der Waals surface area contributed by atoms with E-state index in [1.165, 1.54) is 0 Å². The van der Waals surface area contributed by atoms with Crippen LogP contribution in [0.2, 0.25) is 0 Å². The summed E-state index contributed by atoms with van der Waals surface area (Å²) in [6.45, 7) is 2.04. The van der Waals surface area contributed by atoms with Crippen LogP contribution < -0.4 is 4.90 Å². The van der Waals surface area contributed by atoms with E-state index in [1.807, 2.05) is 68.4 Å². The highest BCUT2D eigenvalue weighted by molar-refractivity contribution is 6.03. The van der Waals surface area contributed by atoms with Crippen molar-refractivity contribution in [1.29, 1.82) is 0 Å². The molecule has 1 N–H and O–H groups in total. The van der Waals surface area contributed by atoms with Crippen molar-refractivity contribution in [3.05, 3.63) is 60.2 Å². The van der Waals surface area contributed by atoms with Crippen LogP contribution in [0.5, 0.6) is 5.75 Å². The number of anilines is 1. The maximum atomic E-state index is 10.3. The van der Waals surface area contributed by atoms with Crippen molar-refractivity contribution in [2.75, 3.05) is 19.0 Å². The number of phenolic OH excluding ortho intramolecular Hbond substituents is 1. The molecule has 0 bridgehead atoms. The minimum Gasteiger partial charge on any atom is -0.507 e. The lowest BCUT2D eigenvalue weighted by molar-refractivity contribution is 0.482. The number of azo groups is 1. The number of hydrogen-bond donors (Lipinski definition) is 1. The van der Waals surface area contributed by atoms with Crippen LogP contribution in [0.15, 0.2) is 64.8 Å². The fourth-order valence-corrected chi connectivity index (χ4v) is 2.81. The average molecular weight is 305 g/mol. The van der Waals surface area contributed by atoms with E-state index in [4.69, 9.17) is 0 Å². The number of aromatic hydroxyl groups is 1. The van der Waals surface area contributed by atoms with Gasteiger partial charge in [-0.2, -0.15) is 5.11 Å². The summed E-state index contributed by atoms with van der Waals surface area (Å²) >= 11 is 0. The number of fused-ring (bicyclic) bond motifs is 1.